The van der Waals surface area contributed by atoms with Gasteiger partial charge in [-0.1, -0.05) is 19.9 Å². The summed E-state index contributed by atoms with van der Waals surface area (Å²) in [5, 5.41) is 6.74. The van der Waals surface area contributed by atoms with Crippen LogP contribution in [-0.2, 0) is 0 Å². The maximum atomic E-state index is 5.30. The van der Waals surface area contributed by atoms with E-state index in [4.69, 9.17) is 4.74 Å². The van der Waals surface area contributed by atoms with Gasteiger partial charge in [0.1, 0.15) is 5.75 Å². The van der Waals surface area contributed by atoms with Crippen molar-refractivity contribution in [3.8, 4) is 5.75 Å². The zero-order valence-corrected chi connectivity index (χ0v) is 10.6. The molecule has 0 bridgehead atoms. The van der Waals surface area contributed by atoms with E-state index in [0.717, 1.165) is 24.5 Å². The molecule has 0 saturated carbocycles. The van der Waals surface area contributed by atoms with Crippen LogP contribution in [0.2, 0.25) is 0 Å². The fourth-order valence-electron chi connectivity index (χ4n) is 1.52. The average Bonchev–Trinajstić information content (AvgIpc) is 2.24. The van der Waals surface area contributed by atoms with Crippen LogP contribution in [0.5, 0.6) is 5.75 Å². The number of methoxy groups -OCH3 is 1. The minimum atomic E-state index is 0.529. The number of anilines is 1. The molecule has 0 atom stereocenters. The van der Waals surface area contributed by atoms with Crippen LogP contribution < -0.4 is 15.4 Å². The third kappa shape index (κ3) is 4.11. The van der Waals surface area contributed by atoms with Crippen LogP contribution in [-0.4, -0.2) is 26.2 Å². The van der Waals surface area contributed by atoms with E-state index in [-0.39, 0.29) is 0 Å². The van der Waals surface area contributed by atoms with Gasteiger partial charge in [0.15, 0.2) is 0 Å². The highest BCUT2D eigenvalue weighted by Gasteiger charge is 2.01. The van der Waals surface area contributed by atoms with Crippen molar-refractivity contribution in [1.29, 1.82) is 0 Å². The first-order chi connectivity index (χ1) is 7.63. The summed E-state index contributed by atoms with van der Waals surface area (Å²) in [7, 11) is 1.70. The van der Waals surface area contributed by atoms with Crippen molar-refractivity contribution >= 4 is 5.69 Å². The van der Waals surface area contributed by atoms with Crippen molar-refractivity contribution in [1.82, 2.24) is 5.32 Å². The molecule has 16 heavy (non-hydrogen) atoms. The van der Waals surface area contributed by atoms with Crippen LogP contribution in [0.3, 0.4) is 0 Å². The number of hydrogen-bond donors (Lipinski definition) is 2. The van der Waals surface area contributed by atoms with Crippen molar-refractivity contribution < 1.29 is 4.74 Å². The number of nitrogens with one attached hydrogen (secondary N) is 2. The summed E-state index contributed by atoms with van der Waals surface area (Å²) in [5.41, 5.74) is 2.30. The second-order valence-electron chi connectivity index (χ2n) is 4.24. The molecule has 0 spiro atoms. The quantitative estimate of drug-likeness (QED) is 0.725. The van der Waals surface area contributed by atoms with Gasteiger partial charge < -0.3 is 15.4 Å². The molecule has 0 saturated heterocycles. The lowest BCUT2D eigenvalue weighted by molar-refractivity contribution is 0.416. The van der Waals surface area contributed by atoms with Crippen molar-refractivity contribution in [2.45, 2.75) is 26.8 Å². The fourth-order valence-corrected chi connectivity index (χ4v) is 1.52. The maximum Gasteiger partial charge on any atom is 0.141 e. The van der Waals surface area contributed by atoms with Gasteiger partial charge in [0.25, 0.3) is 0 Å². The first-order valence-corrected chi connectivity index (χ1v) is 5.75. The molecule has 2 N–H and O–H groups in total. The summed E-state index contributed by atoms with van der Waals surface area (Å²) in [5.74, 6) is 0.898. The molecular formula is C13H22N2O. The maximum absolute atomic E-state index is 5.30. The van der Waals surface area contributed by atoms with Crippen LogP contribution in [0.4, 0.5) is 5.69 Å². The normalized spacial score (nSPS) is 10.6. The van der Waals surface area contributed by atoms with Gasteiger partial charge in [-0.05, 0) is 24.6 Å². The van der Waals surface area contributed by atoms with E-state index >= 15 is 0 Å². The van der Waals surface area contributed by atoms with Gasteiger partial charge >= 0.3 is 0 Å². The SMILES string of the molecule is COc1ccc(C)cc1NCCNC(C)C. The lowest BCUT2D eigenvalue weighted by atomic mass is 10.2. The molecular weight excluding hydrogens is 200 g/mol. The van der Waals surface area contributed by atoms with Crippen LogP contribution >= 0.6 is 0 Å². The second kappa shape index (κ2) is 6.38. The van der Waals surface area contributed by atoms with Gasteiger partial charge in [-0.3, -0.25) is 0 Å². The molecule has 0 unspecified atom stereocenters. The average molecular weight is 222 g/mol. The van der Waals surface area contributed by atoms with E-state index in [1.54, 1.807) is 7.11 Å². The van der Waals surface area contributed by atoms with E-state index in [9.17, 15) is 0 Å². The Morgan fingerprint density at radius 2 is 2.00 bits per heavy atom. The third-order valence-electron chi connectivity index (χ3n) is 2.35. The summed E-state index contributed by atoms with van der Waals surface area (Å²) >= 11 is 0. The minimum Gasteiger partial charge on any atom is -0.495 e. The lowest BCUT2D eigenvalue weighted by Gasteiger charge is -2.13. The van der Waals surface area contributed by atoms with Crippen molar-refractivity contribution in [3.05, 3.63) is 23.8 Å². The molecule has 3 nitrogen and oxygen atoms in total. The highest BCUT2D eigenvalue weighted by Crippen LogP contribution is 2.24. The van der Waals surface area contributed by atoms with E-state index < -0.39 is 0 Å². The number of hydrogen-bond acceptors (Lipinski definition) is 3. The van der Waals surface area contributed by atoms with Gasteiger partial charge in [-0.15, -0.1) is 0 Å². The number of aryl methyl sites for hydroxylation is 1. The molecule has 3 heteroatoms. The van der Waals surface area contributed by atoms with Crippen LogP contribution in [0, 0.1) is 6.92 Å². The zero-order chi connectivity index (χ0) is 12.0. The molecule has 0 amide bonds. The monoisotopic (exact) mass is 222 g/mol. The first kappa shape index (κ1) is 12.8. The molecule has 0 aliphatic rings. The summed E-state index contributed by atoms with van der Waals surface area (Å²) in [6, 6.07) is 6.68. The fraction of sp³-hybridized carbons (Fsp3) is 0.538. The standard InChI is InChI=1S/C13H22N2O/c1-10(2)14-7-8-15-12-9-11(3)5-6-13(12)16-4/h5-6,9-10,14-15H,7-8H2,1-4H3. The van der Waals surface area contributed by atoms with Gasteiger partial charge in [0, 0.05) is 19.1 Å². The van der Waals surface area contributed by atoms with Gasteiger partial charge in [-0.25, -0.2) is 0 Å². The molecule has 1 aromatic carbocycles. The Bertz CT molecular complexity index is 324. The first-order valence-electron chi connectivity index (χ1n) is 5.75. The predicted octanol–water partition coefficient (Wildman–Crippen LogP) is 2.41. The molecule has 0 aliphatic heterocycles. The Labute approximate surface area is 98.2 Å². The Balaban J connectivity index is 2.48. The molecule has 0 aromatic heterocycles. The van der Waals surface area contributed by atoms with E-state index in [1.807, 2.05) is 6.07 Å². The van der Waals surface area contributed by atoms with E-state index in [1.165, 1.54) is 5.56 Å². The molecule has 0 radical (unpaired) electrons. The molecule has 90 valence electrons. The number of rotatable bonds is 6. The van der Waals surface area contributed by atoms with E-state index in [0.29, 0.717) is 6.04 Å². The highest BCUT2D eigenvalue weighted by atomic mass is 16.5. The molecule has 0 fully saturated rings. The van der Waals surface area contributed by atoms with Gasteiger partial charge in [0.05, 0.1) is 12.8 Å². The Hall–Kier alpha value is -1.22. The zero-order valence-electron chi connectivity index (χ0n) is 10.6. The number of ether oxygens (including phenoxy) is 1. The van der Waals surface area contributed by atoms with E-state index in [2.05, 4.69) is 43.5 Å². The van der Waals surface area contributed by atoms with Gasteiger partial charge in [0.2, 0.25) is 0 Å². The summed E-state index contributed by atoms with van der Waals surface area (Å²) in [6.45, 7) is 8.23. The van der Waals surface area contributed by atoms with Crippen molar-refractivity contribution in [2.24, 2.45) is 0 Å². The smallest absolute Gasteiger partial charge is 0.141 e. The summed E-state index contributed by atoms with van der Waals surface area (Å²) in [6.07, 6.45) is 0. The minimum absolute atomic E-state index is 0.529. The predicted molar refractivity (Wildman–Crippen MR) is 69.4 cm³/mol. The van der Waals surface area contributed by atoms with Crippen LogP contribution in [0.1, 0.15) is 19.4 Å². The number of benzene rings is 1. The largest absolute Gasteiger partial charge is 0.495 e. The summed E-state index contributed by atoms with van der Waals surface area (Å²) in [4.78, 5) is 0. The van der Waals surface area contributed by atoms with Crippen molar-refractivity contribution in [2.75, 3.05) is 25.5 Å². The molecule has 0 aliphatic carbocycles. The van der Waals surface area contributed by atoms with Crippen LogP contribution in [0.25, 0.3) is 0 Å². The molecule has 0 heterocycles. The molecule has 1 rings (SSSR count). The summed E-state index contributed by atoms with van der Waals surface area (Å²) < 4.78 is 5.30. The molecule has 1 aromatic rings. The Morgan fingerprint density at radius 3 is 2.62 bits per heavy atom. The lowest BCUT2D eigenvalue weighted by Crippen LogP contribution is -2.28. The second-order valence-corrected chi connectivity index (χ2v) is 4.24. The Kier molecular flexibility index (Phi) is 5.12. The van der Waals surface area contributed by atoms with Gasteiger partial charge in [-0.2, -0.15) is 0 Å². The highest BCUT2D eigenvalue weighted by molar-refractivity contribution is 5.57. The van der Waals surface area contributed by atoms with Crippen LogP contribution in [0.15, 0.2) is 18.2 Å². The third-order valence-corrected chi connectivity index (χ3v) is 2.35. The Morgan fingerprint density at radius 1 is 1.25 bits per heavy atom. The van der Waals surface area contributed by atoms with Crippen molar-refractivity contribution in [3.63, 3.8) is 0 Å². The topological polar surface area (TPSA) is 33.3 Å².